The summed E-state index contributed by atoms with van der Waals surface area (Å²) in [6.45, 7) is 12.1. The topological polar surface area (TPSA) is 24.1 Å². The Hall–Kier alpha value is -0.860. The molecule has 0 amide bonds. The van der Waals surface area contributed by atoms with Crippen LogP contribution < -0.4 is 10.6 Å². The lowest BCUT2D eigenvalue weighted by Crippen LogP contribution is -2.18. The van der Waals surface area contributed by atoms with Crippen molar-refractivity contribution < 1.29 is 0 Å². The van der Waals surface area contributed by atoms with Gasteiger partial charge in [-0.25, -0.2) is 0 Å². The van der Waals surface area contributed by atoms with Crippen LogP contribution in [0.5, 0.6) is 0 Å². The molecule has 0 radical (unpaired) electrons. The van der Waals surface area contributed by atoms with Crippen molar-refractivity contribution in [3.05, 3.63) is 33.9 Å². The van der Waals surface area contributed by atoms with E-state index in [0.717, 1.165) is 19.6 Å². The van der Waals surface area contributed by atoms with Crippen molar-refractivity contribution >= 4 is 0 Å². The number of nitrogens with one attached hydrogen (secondary N) is 2. The second kappa shape index (κ2) is 7.55. The van der Waals surface area contributed by atoms with Crippen molar-refractivity contribution in [1.29, 1.82) is 0 Å². The van der Waals surface area contributed by atoms with Gasteiger partial charge in [0.15, 0.2) is 0 Å². The highest BCUT2D eigenvalue weighted by molar-refractivity contribution is 5.43. The van der Waals surface area contributed by atoms with Crippen LogP contribution in [0.4, 0.5) is 0 Å². The van der Waals surface area contributed by atoms with Crippen LogP contribution in [-0.2, 0) is 6.54 Å². The Balaban J connectivity index is 2.52. The van der Waals surface area contributed by atoms with Gasteiger partial charge >= 0.3 is 0 Å². The zero-order valence-corrected chi connectivity index (χ0v) is 12.6. The van der Waals surface area contributed by atoms with E-state index in [0.29, 0.717) is 0 Å². The Kier molecular flexibility index (Phi) is 6.37. The molecule has 2 nitrogen and oxygen atoms in total. The number of unbranched alkanes of at least 4 members (excludes halogenated alkanes) is 1. The first-order chi connectivity index (χ1) is 8.57. The molecular formula is C16H28N2. The molecule has 0 saturated heterocycles. The summed E-state index contributed by atoms with van der Waals surface area (Å²) < 4.78 is 0. The van der Waals surface area contributed by atoms with E-state index in [9.17, 15) is 0 Å². The minimum Gasteiger partial charge on any atom is -0.320 e. The summed E-state index contributed by atoms with van der Waals surface area (Å²) in [7, 11) is 2.01. The molecule has 1 rings (SSSR count). The predicted octanol–water partition coefficient (Wildman–Crippen LogP) is 3.01. The molecule has 0 aromatic heterocycles. The van der Waals surface area contributed by atoms with E-state index >= 15 is 0 Å². The van der Waals surface area contributed by atoms with Gasteiger partial charge in [0.2, 0.25) is 0 Å². The average Bonchev–Trinajstić information content (AvgIpc) is 2.35. The highest BCUT2D eigenvalue weighted by Crippen LogP contribution is 2.21. The van der Waals surface area contributed by atoms with E-state index in [1.807, 2.05) is 7.05 Å². The van der Waals surface area contributed by atoms with Crippen molar-refractivity contribution in [2.24, 2.45) is 0 Å². The summed E-state index contributed by atoms with van der Waals surface area (Å²) in [5.74, 6) is 0. The third-order valence-electron chi connectivity index (χ3n) is 3.85. The van der Waals surface area contributed by atoms with Crippen LogP contribution in [0, 0.1) is 27.7 Å². The largest absolute Gasteiger partial charge is 0.320 e. The van der Waals surface area contributed by atoms with E-state index < -0.39 is 0 Å². The average molecular weight is 248 g/mol. The Morgan fingerprint density at radius 2 is 1.44 bits per heavy atom. The summed E-state index contributed by atoms with van der Waals surface area (Å²) in [5.41, 5.74) is 7.19. The maximum Gasteiger partial charge on any atom is 0.0210 e. The van der Waals surface area contributed by atoms with E-state index in [1.54, 1.807) is 0 Å². The SMILES string of the molecule is CNCCCCNCc1c(C)c(C)cc(C)c1C. The second-order valence-corrected chi connectivity index (χ2v) is 5.23. The number of benzene rings is 1. The quantitative estimate of drug-likeness (QED) is 0.725. The number of aryl methyl sites for hydroxylation is 2. The summed E-state index contributed by atoms with van der Waals surface area (Å²) in [6.07, 6.45) is 2.48. The molecular weight excluding hydrogens is 220 g/mol. The van der Waals surface area contributed by atoms with Gasteiger partial charge in [0.25, 0.3) is 0 Å². The van der Waals surface area contributed by atoms with Crippen LogP contribution in [-0.4, -0.2) is 20.1 Å². The molecule has 0 saturated carbocycles. The van der Waals surface area contributed by atoms with Crippen LogP contribution in [0.2, 0.25) is 0 Å². The fraction of sp³-hybridized carbons (Fsp3) is 0.625. The van der Waals surface area contributed by atoms with Gasteiger partial charge in [-0.15, -0.1) is 0 Å². The van der Waals surface area contributed by atoms with Gasteiger partial charge in [0.05, 0.1) is 0 Å². The molecule has 0 aliphatic rings. The molecule has 0 heterocycles. The Morgan fingerprint density at radius 3 is 2.00 bits per heavy atom. The van der Waals surface area contributed by atoms with Gasteiger partial charge in [-0.3, -0.25) is 0 Å². The number of hydrogen-bond donors (Lipinski definition) is 2. The number of hydrogen-bond acceptors (Lipinski definition) is 2. The van der Waals surface area contributed by atoms with E-state index in [1.165, 1.54) is 40.7 Å². The smallest absolute Gasteiger partial charge is 0.0210 e. The molecule has 0 atom stereocenters. The highest BCUT2D eigenvalue weighted by atomic mass is 14.9. The standard InChI is InChI=1S/C16H28N2/c1-12-10-13(2)15(4)16(14(12)3)11-18-9-7-6-8-17-5/h10,17-18H,6-9,11H2,1-5H3. The van der Waals surface area contributed by atoms with Crippen molar-refractivity contribution in [3.63, 3.8) is 0 Å². The monoisotopic (exact) mass is 248 g/mol. The van der Waals surface area contributed by atoms with Gasteiger partial charge in [-0.2, -0.15) is 0 Å². The van der Waals surface area contributed by atoms with Gasteiger partial charge in [0.1, 0.15) is 0 Å². The van der Waals surface area contributed by atoms with Crippen LogP contribution >= 0.6 is 0 Å². The highest BCUT2D eigenvalue weighted by Gasteiger charge is 2.07. The Labute approximate surface area is 112 Å². The van der Waals surface area contributed by atoms with Gasteiger partial charge < -0.3 is 10.6 Å². The van der Waals surface area contributed by atoms with Crippen molar-refractivity contribution in [1.82, 2.24) is 10.6 Å². The third kappa shape index (κ3) is 4.11. The first-order valence-corrected chi connectivity index (χ1v) is 6.99. The van der Waals surface area contributed by atoms with Crippen molar-refractivity contribution in [3.8, 4) is 0 Å². The molecule has 0 fully saturated rings. The van der Waals surface area contributed by atoms with Crippen molar-refractivity contribution in [2.45, 2.75) is 47.1 Å². The normalized spacial score (nSPS) is 10.9. The molecule has 0 aliphatic carbocycles. The molecule has 1 aromatic carbocycles. The fourth-order valence-electron chi connectivity index (χ4n) is 2.33. The summed E-state index contributed by atoms with van der Waals surface area (Å²) in [4.78, 5) is 0. The molecule has 0 bridgehead atoms. The van der Waals surface area contributed by atoms with Gasteiger partial charge in [-0.1, -0.05) is 6.07 Å². The molecule has 0 aliphatic heterocycles. The fourth-order valence-corrected chi connectivity index (χ4v) is 2.33. The van der Waals surface area contributed by atoms with Gasteiger partial charge in [-0.05, 0) is 88.5 Å². The summed E-state index contributed by atoms with van der Waals surface area (Å²) in [5, 5.41) is 6.75. The molecule has 0 spiro atoms. The van der Waals surface area contributed by atoms with Crippen LogP contribution in [0.25, 0.3) is 0 Å². The molecule has 2 N–H and O–H groups in total. The zero-order valence-electron chi connectivity index (χ0n) is 12.6. The predicted molar refractivity (Wildman–Crippen MR) is 80.3 cm³/mol. The van der Waals surface area contributed by atoms with Crippen LogP contribution in [0.15, 0.2) is 6.07 Å². The molecule has 1 aromatic rings. The molecule has 0 unspecified atom stereocenters. The summed E-state index contributed by atoms with van der Waals surface area (Å²) in [6, 6.07) is 2.29. The van der Waals surface area contributed by atoms with Crippen LogP contribution in [0.3, 0.4) is 0 Å². The second-order valence-electron chi connectivity index (χ2n) is 5.23. The van der Waals surface area contributed by atoms with Crippen LogP contribution in [0.1, 0.15) is 40.7 Å². The lowest BCUT2D eigenvalue weighted by Gasteiger charge is -2.16. The third-order valence-corrected chi connectivity index (χ3v) is 3.85. The molecule has 2 heteroatoms. The first-order valence-electron chi connectivity index (χ1n) is 6.99. The first kappa shape index (κ1) is 15.2. The molecule has 102 valence electrons. The van der Waals surface area contributed by atoms with E-state index in [-0.39, 0.29) is 0 Å². The lowest BCUT2D eigenvalue weighted by molar-refractivity contribution is 0.603. The minimum absolute atomic E-state index is 1.000. The summed E-state index contributed by atoms with van der Waals surface area (Å²) >= 11 is 0. The van der Waals surface area contributed by atoms with E-state index in [4.69, 9.17) is 0 Å². The number of rotatable bonds is 7. The lowest BCUT2D eigenvalue weighted by atomic mass is 9.94. The van der Waals surface area contributed by atoms with Crippen molar-refractivity contribution in [2.75, 3.05) is 20.1 Å². The van der Waals surface area contributed by atoms with E-state index in [2.05, 4.69) is 44.4 Å². The Morgan fingerprint density at radius 1 is 0.889 bits per heavy atom. The van der Waals surface area contributed by atoms with Gasteiger partial charge in [0, 0.05) is 6.54 Å². The maximum atomic E-state index is 3.57. The Bertz CT molecular complexity index is 357. The maximum absolute atomic E-state index is 3.57. The zero-order chi connectivity index (χ0) is 13.5. The minimum atomic E-state index is 1.000. The molecule has 18 heavy (non-hydrogen) atoms.